The highest BCUT2D eigenvalue weighted by Crippen LogP contribution is 2.41. The van der Waals surface area contributed by atoms with Crippen LogP contribution in [0, 0.1) is 19.7 Å². The molecule has 2 aromatic heterocycles. The normalized spacial score (nSPS) is 11.1. The Morgan fingerprint density at radius 3 is 2.74 bits per heavy atom. The number of hydrogen-bond donors (Lipinski definition) is 0. The standard InChI is InChI=1S/C24H20ClFN2O2S/c1-4-30-24(29)19-6-5-7-21(22(19)26)31-23-15(3)28(17-10-14(2)12-27-13-17)20-11-16(25)8-9-18(20)23/h5-13H,4H2,1-3H3. The molecule has 4 rings (SSSR count). The summed E-state index contributed by atoms with van der Waals surface area (Å²) >= 11 is 7.57. The highest BCUT2D eigenvalue weighted by Gasteiger charge is 2.21. The smallest absolute Gasteiger partial charge is 0.341 e. The van der Waals surface area contributed by atoms with E-state index in [1.165, 1.54) is 17.8 Å². The third-order valence-electron chi connectivity index (χ3n) is 4.90. The molecule has 0 aliphatic carbocycles. The monoisotopic (exact) mass is 454 g/mol. The number of esters is 1. The van der Waals surface area contributed by atoms with Gasteiger partial charge in [0.2, 0.25) is 0 Å². The number of pyridine rings is 1. The largest absolute Gasteiger partial charge is 0.462 e. The van der Waals surface area contributed by atoms with E-state index >= 15 is 4.39 Å². The van der Waals surface area contributed by atoms with Crippen LogP contribution >= 0.6 is 23.4 Å². The van der Waals surface area contributed by atoms with Crippen LogP contribution in [0.5, 0.6) is 0 Å². The summed E-state index contributed by atoms with van der Waals surface area (Å²) in [5, 5.41) is 1.55. The van der Waals surface area contributed by atoms with E-state index in [-0.39, 0.29) is 12.2 Å². The topological polar surface area (TPSA) is 44.1 Å². The average molecular weight is 455 g/mol. The first-order valence-corrected chi connectivity index (χ1v) is 11.0. The molecule has 0 atom stereocenters. The summed E-state index contributed by atoms with van der Waals surface area (Å²) in [6.45, 7) is 5.84. The van der Waals surface area contributed by atoms with Gasteiger partial charge in [-0.2, -0.15) is 0 Å². The van der Waals surface area contributed by atoms with Crippen LogP contribution in [-0.2, 0) is 4.74 Å². The van der Waals surface area contributed by atoms with Gasteiger partial charge < -0.3 is 9.30 Å². The van der Waals surface area contributed by atoms with Gasteiger partial charge in [-0.25, -0.2) is 9.18 Å². The Labute approximate surface area is 189 Å². The first-order chi connectivity index (χ1) is 14.9. The molecule has 0 saturated heterocycles. The first kappa shape index (κ1) is 21.4. The van der Waals surface area contributed by atoms with Crippen molar-refractivity contribution in [3.05, 3.63) is 82.5 Å². The summed E-state index contributed by atoms with van der Waals surface area (Å²) < 4.78 is 22.2. The van der Waals surface area contributed by atoms with Gasteiger partial charge >= 0.3 is 5.97 Å². The van der Waals surface area contributed by atoms with Gasteiger partial charge in [-0.3, -0.25) is 4.98 Å². The zero-order valence-electron chi connectivity index (χ0n) is 17.3. The predicted octanol–water partition coefficient (Wildman–Crippen LogP) is 6.76. The molecular formula is C24H20ClFN2O2S. The Kier molecular flexibility index (Phi) is 6.03. The lowest BCUT2D eigenvalue weighted by Gasteiger charge is -2.10. The number of aryl methyl sites for hydroxylation is 1. The van der Waals surface area contributed by atoms with Gasteiger partial charge in [-0.1, -0.05) is 35.5 Å². The fourth-order valence-electron chi connectivity index (χ4n) is 3.55. The molecule has 0 aliphatic rings. The van der Waals surface area contributed by atoms with Gasteiger partial charge in [-0.05, 0) is 56.7 Å². The molecule has 0 fully saturated rings. The van der Waals surface area contributed by atoms with E-state index in [2.05, 4.69) is 9.55 Å². The van der Waals surface area contributed by atoms with Crippen molar-refractivity contribution in [2.45, 2.75) is 30.6 Å². The molecule has 0 aliphatic heterocycles. The SMILES string of the molecule is CCOC(=O)c1cccc(Sc2c(C)n(-c3cncc(C)c3)c3cc(Cl)ccc23)c1F. The molecule has 158 valence electrons. The maximum absolute atomic E-state index is 15.2. The number of halogens is 2. The van der Waals surface area contributed by atoms with Crippen LogP contribution in [0.4, 0.5) is 4.39 Å². The maximum atomic E-state index is 15.2. The molecule has 4 nitrogen and oxygen atoms in total. The zero-order valence-corrected chi connectivity index (χ0v) is 18.9. The van der Waals surface area contributed by atoms with Gasteiger partial charge in [0, 0.05) is 32.1 Å². The summed E-state index contributed by atoms with van der Waals surface area (Å²) in [4.78, 5) is 17.7. The van der Waals surface area contributed by atoms with Crippen LogP contribution in [-0.4, -0.2) is 22.1 Å². The second-order valence-electron chi connectivity index (χ2n) is 7.07. The van der Waals surface area contributed by atoms with Crippen molar-refractivity contribution in [3.63, 3.8) is 0 Å². The number of rotatable bonds is 5. The Morgan fingerprint density at radius 1 is 1.19 bits per heavy atom. The first-order valence-electron chi connectivity index (χ1n) is 9.76. The van der Waals surface area contributed by atoms with E-state index in [1.807, 2.05) is 38.1 Å². The van der Waals surface area contributed by atoms with E-state index in [9.17, 15) is 4.79 Å². The van der Waals surface area contributed by atoms with E-state index in [1.54, 1.807) is 31.5 Å². The fraction of sp³-hybridized carbons (Fsp3) is 0.167. The quantitative estimate of drug-likeness (QED) is 0.312. The predicted molar refractivity (Wildman–Crippen MR) is 122 cm³/mol. The molecule has 0 unspecified atom stereocenters. The lowest BCUT2D eigenvalue weighted by molar-refractivity contribution is 0.0520. The number of carbonyl (C=O) groups excluding carboxylic acids is 1. The van der Waals surface area contributed by atoms with E-state index in [0.717, 1.165) is 32.7 Å². The van der Waals surface area contributed by atoms with Crippen LogP contribution < -0.4 is 0 Å². The molecule has 31 heavy (non-hydrogen) atoms. The molecule has 0 bridgehead atoms. The number of ether oxygens (including phenoxy) is 1. The second kappa shape index (κ2) is 8.73. The van der Waals surface area contributed by atoms with Gasteiger partial charge in [0.25, 0.3) is 0 Å². The number of carbonyl (C=O) groups is 1. The third-order valence-corrected chi connectivity index (χ3v) is 6.39. The van der Waals surface area contributed by atoms with Crippen molar-refractivity contribution >= 4 is 40.2 Å². The Morgan fingerprint density at radius 2 is 2.00 bits per heavy atom. The van der Waals surface area contributed by atoms with Crippen molar-refractivity contribution in [1.82, 2.24) is 9.55 Å². The van der Waals surface area contributed by atoms with Crippen molar-refractivity contribution in [2.24, 2.45) is 0 Å². The number of hydrogen-bond acceptors (Lipinski definition) is 4. The molecule has 0 spiro atoms. The van der Waals surface area contributed by atoms with E-state index in [4.69, 9.17) is 16.3 Å². The Bertz CT molecular complexity index is 1300. The Hall–Kier alpha value is -2.83. The van der Waals surface area contributed by atoms with Crippen LogP contribution in [0.2, 0.25) is 5.02 Å². The Balaban J connectivity index is 1.88. The van der Waals surface area contributed by atoms with Gasteiger partial charge in [0.1, 0.15) is 0 Å². The number of benzene rings is 2. The minimum absolute atomic E-state index is 0.0702. The number of fused-ring (bicyclic) bond motifs is 1. The molecule has 2 aromatic carbocycles. The van der Waals surface area contributed by atoms with Crippen molar-refractivity contribution < 1.29 is 13.9 Å². The molecule has 0 saturated carbocycles. The summed E-state index contributed by atoms with van der Waals surface area (Å²) in [6, 6.07) is 12.4. The minimum Gasteiger partial charge on any atom is -0.462 e. The highest BCUT2D eigenvalue weighted by atomic mass is 35.5. The fourth-order valence-corrected chi connectivity index (χ4v) is 4.80. The third kappa shape index (κ3) is 4.05. The van der Waals surface area contributed by atoms with Crippen molar-refractivity contribution in [3.8, 4) is 5.69 Å². The minimum atomic E-state index is -0.667. The van der Waals surface area contributed by atoms with E-state index < -0.39 is 11.8 Å². The maximum Gasteiger partial charge on any atom is 0.341 e. The molecule has 0 radical (unpaired) electrons. The van der Waals surface area contributed by atoms with Crippen molar-refractivity contribution in [2.75, 3.05) is 6.61 Å². The van der Waals surface area contributed by atoms with Crippen LogP contribution in [0.3, 0.4) is 0 Å². The van der Waals surface area contributed by atoms with Gasteiger partial charge in [0.05, 0.1) is 29.6 Å². The van der Waals surface area contributed by atoms with Crippen LogP contribution in [0.25, 0.3) is 16.6 Å². The molecular weight excluding hydrogens is 435 g/mol. The summed E-state index contributed by atoms with van der Waals surface area (Å²) in [5.74, 6) is -1.25. The van der Waals surface area contributed by atoms with Crippen LogP contribution in [0.1, 0.15) is 28.5 Å². The average Bonchev–Trinajstić information content (AvgIpc) is 3.00. The number of nitrogens with zero attached hydrogens (tertiary/aromatic N) is 2. The summed E-state index contributed by atoms with van der Waals surface area (Å²) in [7, 11) is 0. The highest BCUT2D eigenvalue weighted by molar-refractivity contribution is 7.99. The molecule has 0 amide bonds. The molecule has 2 heterocycles. The van der Waals surface area contributed by atoms with Crippen molar-refractivity contribution in [1.29, 1.82) is 0 Å². The molecule has 7 heteroatoms. The lowest BCUT2D eigenvalue weighted by atomic mass is 10.2. The zero-order chi connectivity index (χ0) is 22.1. The molecule has 4 aromatic rings. The number of aromatic nitrogens is 2. The van der Waals surface area contributed by atoms with Gasteiger partial charge in [0.15, 0.2) is 5.82 Å². The molecule has 0 N–H and O–H groups in total. The van der Waals surface area contributed by atoms with Crippen LogP contribution in [0.15, 0.2) is 64.6 Å². The lowest BCUT2D eigenvalue weighted by Crippen LogP contribution is -2.07. The van der Waals surface area contributed by atoms with Gasteiger partial charge in [-0.15, -0.1) is 0 Å². The van der Waals surface area contributed by atoms with E-state index in [0.29, 0.717) is 9.92 Å². The summed E-state index contributed by atoms with van der Waals surface area (Å²) in [5.41, 5.74) is 3.69. The summed E-state index contributed by atoms with van der Waals surface area (Å²) in [6.07, 6.45) is 3.58. The second-order valence-corrected chi connectivity index (χ2v) is 8.56.